The van der Waals surface area contributed by atoms with Gasteiger partial charge in [-0.1, -0.05) is 44.2 Å². The van der Waals surface area contributed by atoms with Gasteiger partial charge in [0.15, 0.2) is 0 Å². The van der Waals surface area contributed by atoms with Gasteiger partial charge in [0, 0.05) is 5.39 Å². The van der Waals surface area contributed by atoms with E-state index in [0.717, 1.165) is 5.75 Å². The molecule has 0 aliphatic carbocycles. The summed E-state index contributed by atoms with van der Waals surface area (Å²) in [5.41, 5.74) is 1.39. The van der Waals surface area contributed by atoms with Crippen LogP contribution in [0.3, 0.4) is 0 Å². The van der Waals surface area contributed by atoms with Crippen LogP contribution in [0, 0.1) is 0 Å². The van der Waals surface area contributed by atoms with Gasteiger partial charge in [-0.15, -0.1) is 0 Å². The fourth-order valence-corrected chi connectivity index (χ4v) is 2.09. The van der Waals surface area contributed by atoms with Crippen LogP contribution in [0.2, 0.25) is 0 Å². The first kappa shape index (κ1) is 11.0. The Bertz CT molecular complexity index is 486. The molecule has 2 aromatic carbocycles. The van der Waals surface area contributed by atoms with E-state index in [0.29, 0.717) is 12.5 Å². The Labute approximate surface area is 97.1 Å². The Hall–Kier alpha value is -1.50. The van der Waals surface area contributed by atoms with Gasteiger partial charge in [-0.05, 0) is 29.9 Å². The van der Waals surface area contributed by atoms with E-state index in [1.807, 2.05) is 13.0 Å². The number of rotatable bonds is 3. The van der Waals surface area contributed by atoms with Crippen molar-refractivity contribution in [3.8, 4) is 5.75 Å². The summed E-state index contributed by atoms with van der Waals surface area (Å²) in [4.78, 5) is 0. The molecule has 0 aliphatic heterocycles. The summed E-state index contributed by atoms with van der Waals surface area (Å²) in [5.74, 6) is 1.53. The molecule has 0 N–H and O–H groups in total. The normalized spacial score (nSPS) is 11.0. The molecule has 0 radical (unpaired) electrons. The standard InChI is InChI=1S/C15H18O/c1-4-16-15-10-6-8-13-12(11(2)3)7-5-9-14(13)15/h5-11H,4H2,1-3H3. The second-order valence-electron chi connectivity index (χ2n) is 4.29. The van der Waals surface area contributed by atoms with Gasteiger partial charge in [0.25, 0.3) is 0 Å². The summed E-state index contributed by atoms with van der Waals surface area (Å²) in [5, 5.41) is 2.53. The summed E-state index contributed by atoms with van der Waals surface area (Å²) < 4.78 is 5.65. The molecule has 0 aliphatic rings. The minimum atomic E-state index is 0.542. The van der Waals surface area contributed by atoms with Gasteiger partial charge in [-0.3, -0.25) is 0 Å². The van der Waals surface area contributed by atoms with Crippen molar-refractivity contribution in [1.29, 1.82) is 0 Å². The van der Waals surface area contributed by atoms with Crippen molar-refractivity contribution in [3.05, 3.63) is 42.0 Å². The van der Waals surface area contributed by atoms with Gasteiger partial charge in [-0.2, -0.15) is 0 Å². The molecule has 0 saturated heterocycles. The Balaban J connectivity index is 2.66. The molecule has 1 heteroatoms. The van der Waals surface area contributed by atoms with E-state index in [4.69, 9.17) is 4.74 Å². The van der Waals surface area contributed by atoms with Crippen molar-refractivity contribution in [2.75, 3.05) is 6.61 Å². The van der Waals surface area contributed by atoms with E-state index in [-0.39, 0.29) is 0 Å². The highest BCUT2D eigenvalue weighted by molar-refractivity contribution is 5.91. The van der Waals surface area contributed by atoms with Crippen molar-refractivity contribution in [2.45, 2.75) is 26.7 Å². The second kappa shape index (κ2) is 4.56. The van der Waals surface area contributed by atoms with E-state index in [9.17, 15) is 0 Å². The maximum Gasteiger partial charge on any atom is 0.127 e. The van der Waals surface area contributed by atoms with Gasteiger partial charge in [0.05, 0.1) is 6.61 Å². The zero-order valence-corrected chi connectivity index (χ0v) is 10.2. The number of hydrogen-bond acceptors (Lipinski definition) is 1. The molecular weight excluding hydrogens is 196 g/mol. The van der Waals surface area contributed by atoms with Crippen molar-refractivity contribution in [2.24, 2.45) is 0 Å². The Morgan fingerprint density at radius 3 is 2.38 bits per heavy atom. The third kappa shape index (κ3) is 1.90. The number of ether oxygens (including phenoxy) is 1. The fraction of sp³-hybridized carbons (Fsp3) is 0.333. The van der Waals surface area contributed by atoms with E-state index >= 15 is 0 Å². The maximum absolute atomic E-state index is 5.65. The minimum Gasteiger partial charge on any atom is -0.493 e. The summed E-state index contributed by atoms with van der Waals surface area (Å²) >= 11 is 0. The fourth-order valence-electron chi connectivity index (χ4n) is 2.09. The summed E-state index contributed by atoms with van der Waals surface area (Å²) in [6, 6.07) is 12.7. The van der Waals surface area contributed by atoms with Crippen LogP contribution in [0.25, 0.3) is 10.8 Å². The Morgan fingerprint density at radius 2 is 1.69 bits per heavy atom. The van der Waals surface area contributed by atoms with Crippen LogP contribution in [0.15, 0.2) is 36.4 Å². The lowest BCUT2D eigenvalue weighted by atomic mass is 9.96. The predicted octanol–water partition coefficient (Wildman–Crippen LogP) is 4.36. The highest BCUT2D eigenvalue weighted by Gasteiger charge is 2.07. The van der Waals surface area contributed by atoms with E-state index in [1.165, 1.54) is 16.3 Å². The highest BCUT2D eigenvalue weighted by Crippen LogP contribution is 2.31. The summed E-state index contributed by atoms with van der Waals surface area (Å²) in [6.07, 6.45) is 0. The molecule has 0 amide bonds. The lowest BCUT2D eigenvalue weighted by Gasteiger charge is -2.12. The molecule has 0 unspecified atom stereocenters. The zero-order chi connectivity index (χ0) is 11.5. The van der Waals surface area contributed by atoms with Gasteiger partial charge < -0.3 is 4.74 Å². The topological polar surface area (TPSA) is 9.23 Å². The average molecular weight is 214 g/mol. The van der Waals surface area contributed by atoms with Crippen LogP contribution in [0.4, 0.5) is 0 Å². The van der Waals surface area contributed by atoms with Crippen LogP contribution in [-0.4, -0.2) is 6.61 Å². The molecule has 0 spiro atoms. The molecule has 2 aromatic rings. The van der Waals surface area contributed by atoms with E-state index in [1.54, 1.807) is 0 Å². The van der Waals surface area contributed by atoms with Crippen LogP contribution >= 0.6 is 0 Å². The molecule has 0 atom stereocenters. The molecule has 84 valence electrons. The molecule has 0 aromatic heterocycles. The Morgan fingerprint density at radius 1 is 1.00 bits per heavy atom. The van der Waals surface area contributed by atoms with E-state index < -0.39 is 0 Å². The average Bonchev–Trinajstić information content (AvgIpc) is 2.29. The smallest absolute Gasteiger partial charge is 0.127 e. The molecule has 0 heterocycles. The predicted molar refractivity (Wildman–Crippen MR) is 69.2 cm³/mol. The molecule has 0 bridgehead atoms. The highest BCUT2D eigenvalue weighted by atomic mass is 16.5. The largest absolute Gasteiger partial charge is 0.493 e. The van der Waals surface area contributed by atoms with Crippen molar-refractivity contribution in [3.63, 3.8) is 0 Å². The zero-order valence-electron chi connectivity index (χ0n) is 10.2. The van der Waals surface area contributed by atoms with Crippen molar-refractivity contribution in [1.82, 2.24) is 0 Å². The first-order valence-electron chi connectivity index (χ1n) is 5.88. The first-order valence-corrected chi connectivity index (χ1v) is 5.88. The summed E-state index contributed by atoms with van der Waals surface area (Å²) in [7, 11) is 0. The van der Waals surface area contributed by atoms with Crippen LogP contribution < -0.4 is 4.74 Å². The van der Waals surface area contributed by atoms with Crippen molar-refractivity contribution < 1.29 is 4.74 Å². The second-order valence-corrected chi connectivity index (χ2v) is 4.29. The van der Waals surface area contributed by atoms with Gasteiger partial charge in [0.2, 0.25) is 0 Å². The lowest BCUT2D eigenvalue weighted by molar-refractivity contribution is 0.344. The number of fused-ring (bicyclic) bond motifs is 1. The van der Waals surface area contributed by atoms with Crippen LogP contribution in [-0.2, 0) is 0 Å². The monoisotopic (exact) mass is 214 g/mol. The maximum atomic E-state index is 5.65. The molecular formula is C15H18O. The summed E-state index contributed by atoms with van der Waals surface area (Å²) in [6.45, 7) is 7.18. The van der Waals surface area contributed by atoms with Crippen molar-refractivity contribution >= 4 is 10.8 Å². The van der Waals surface area contributed by atoms with Crippen LogP contribution in [0.1, 0.15) is 32.3 Å². The molecule has 0 fully saturated rings. The molecule has 2 rings (SSSR count). The molecule has 16 heavy (non-hydrogen) atoms. The molecule has 1 nitrogen and oxygen atoms in total. The van der Waals surface area contributed by atoms with Gasteiger partial charge >= 0.3 is 0 Å². The quantitative estimate of drug-likeness (QED) is 0.737. The number of hydrogen-bond donors (Lipinski definition) is 0. The third-order valence-corrected chi connectivity index (χ3v) is 2.84. The molecule has 0 saturated carbocycles. The Kier molecular flexibility index (Phi) is 3.14. The third-order valence-electron chi connectivity index (χ3n) is 2.84. The van der Waals surface area contributed by atoms with Crippen LogP contribution in [0.5, 0.6) is 5.75 Å². The minimum absolute atomic E-state index is 0.542. The van der Waals surface area contributed by atoms with Gasteiger partial charge in [-0.25, -0.2) is 0 Å². The van der Waals surface area contributed by atoms with E-state index in [2.05, 4.69) is 44.2 Å². The number of benzene rings is 2. The van der Waals surface area contributed by atoms with Gasteiger partial charge in [0.1, 0.15) is 5.75 Å². The lowest BCUT2D eigenvalue weighted by Crippen LogP contribution is -1.94. The first-order chi connectivity index (χ1) is 7.74. The SMILES string of the molecule is CCOc1cccc2c(C(C)C)cccc12.